The number of hydrogen-bond acceptors (Lipinski definition) is 5. The fraction of sp³-hybridized carbons (Fsp3) is 0.286. The van der Waals surface area contributed by atoms with Crippen LogP contribution in [-0.2, 0) is 21.2 Å². The molecule has 1 heterocycles. The number of hydrogen-bond donors (Lipinski definition) is 3. The molecular weight excluding hydrogens is 613 g/mol. The minimum absolute atomic E-state index is 0.153. The molecule has 1 saturated carbocycles. The zero-order valence-electron chi connectivity index (χ0n) is 25.0. The van der Waals surface area contributed by atoms with E-state index in [9.17, 15) is 22.0 Å². The lowest BCUT2D eigenvalue weighted by molar-refractivity contribution is -0.117. The molecule has 0 unspecified atom stereocenters. The number of anilines is 1. The van der Waals surface area contributed by atoms with Crippen molar-refractivity contribution >= 4 is 21.6 Å². The second kappa shape index (κ2) is 13.0. The number of nitrogens with zero attached hydrogens (tertiary/aromatic N) is 1. The maximum absolute atomic E-state index is 15.4. The molecule has 1 saturated heterocycles. The first-order valence-electron chi connectivity index (χ1n) is 15.2. The van der Waals surface area contributed by atoms with Gasteiger partial charge in [0, 0.05) is 41.8 Å². The van der Waals surface area contributed by atoms with Crippen molar-refractivity contribution in [3.63, 3.8) is 0 Å². The number of halogens is 3. The Bertz CT molecular complexity index is 1760. The van der Waals surface area contributed by atoms with Crippen LogP contribution in [0.4, 0.5) is 18.9 Å². The summed E-state index contributed by atoms with van der Waals surface area (Å²) in [5, 5.41) is 6.15. The van der Waals surface area contributed by atoms with E-state index in [2.05, 4.69) is 10.6 Å². The molecule has 1 spiro atoms. The fourth-order valence-corrected chi connectivity index (χ4v) is 8.55. The molecule has 0 radical (unpaired) electrons. The van der Waals surface area contributed by atoms with Crippen molar-refractivity contribution in [2.75, 3.05) is 18.4 Å². The first-order valence-corrected chi connectivity index (χ1v) is 16.7. The third-order valence-electron chi connectivity index (χ3n) is 8.98. The lowest BCUT2D eigenvalue weighted by atomic mass is 9.85. The van der Waals surface area contributed by atoms with Gasteiger partial charge in [0.2, 0.25) is 15.9 Å². The minimum atomic E-state index is -3.81. The number of benzene rings is 4. The summed E-state index contributed by atoms with van der Waals surface area (Å²) in [5.41, 5.74) is 7.56. The van der Waals surface area contributed by atoms with Gasteiger partial charge in [-0.25, -0.2) is 21.6 Å². The van der Waals surface area contributed by atoms with Crippen LogP contribution in [0.5, 0.6) is 0 Å². The topological polar surface area (TPSA) is 105 Å². The van der Waals surface area contributed by atoms with Gasteiger partial charge in [0.05, 0.1) is 10.9 Å². The van der Waals surface area contributed by atoms with Gasteiger partial charge >= 0.3 is 0 Å². The van der Waals surface area contributed by atoms with Gasteiger partial charge < -0.3 is 16.4 Å². The second-order valence-corrected chi connectivity index (χ2v) is 13.8. The number of carbonyl (C=O) groups excluding carboxylic acids is 1. The summed E-state index contributed by atoms with van der Waals surface area (Å²) in [6, 6.07) is 22.1. The molecule has 2 atom stereocenters. The van der Waals surface area contributed by atoms with Crippen LogP contribution in [0.2, 0.25) is 0 Å². The quantitative estimate of drug-likeness (QED) is 0.216. The van der Waals surface area contributed by atoms with Gasteiger partial charge in [-0.2, -0.15) is 4.31 Å². The summed E-state index contributed by atoms with van der Waals surface area (Å²) in [4.78, 5) is 13.9. The van der Waals surface area contributed by atoms with Crippen LogP contribution < -0.4 is 16.4 Å². The Morgan fingerprint density at radius 1 is 0.891 bits per heavy atom. The van der Waals surface area contributed by atoms with Crippen molar-refractivity contribution in [2.24, 2.45) is 5.73 Å². The number of piperazine rings is 1. The smallest absolute Gasteiger partial charge is 0.243 e. The van der Waals surface area contributed by atoms with Crippen molar-refractivity contribution < 1.29 is 26.4 Å². The summed E-state index contributed by atoms with van der Waals surface area (Å²) in [6.07, 6.45) is 1.94. The monoisotopic (exact) mass is 648 g/mol. The summed E-state index contributed by atoms with van der Waals surface area (Å²) in [7, 11) is -3.81. The predicted molar refractivity (Wildman–Crippen MR) is 170 cm³/mol. The fourth-order valence-electron chi connectivity index (χ4n) is 6.49. The number of nitrogens with two attached hydrogens (primary N) is 1. The van der Waals surface area contributed by atoms with E-state index in [1.54, 1.807) is 40.7 Å². The number of amides is 1. The van der Waals surface area contributed by atoms with Gasteiger partial charge in [-0.15, -0.1) is 0 Å². The highest BCUT2D eigenvalue weighted by molar-refractivity contribution is 7.89. The Labute approximate surface area is 266 Å². The average molecular weight is 649 g/mol. The summed E-state index contributed by atoms with van der Waals surface area (Å²) in [5.74, 6) is -2.82. The van der Waals surface area contributed by atoms with E-state index in [1.165, 1.54) is 60.7 Å². The molecule has 6 rings (SSSR count). The summed E-state index contributed by atoms with van der Waals surface area (Å²) < 4.78 is 72.2. The van der Waals surface area contributed by atoms with Gasteiger partial charge in [0.25, 0.3) is 0 Å². The Morgan fingerprint density at radius 2 is 1.50 bits per heavy atom. The predicted octanol–water partition coefficient (Wildman–Crippen LogP) is 5.33. The molecule has 4 N–H and O–H groups in total. The van der Waals surface area contributed by atoms with Crippen molar-refractivity contribution in [1.82, 2.24) is 9.62 Å². The van der Waals surface area contributed by atoms with Crippen molar-refractivity contribution in [1.29, 1.82) is 0 Å². The van der Waals surface area contributed by atoms with Crippen molar-refractivity contribution in [3.8, 4) is 0 Å². The molecular formula is C35H35F3N4O3S. The van der Waals surface area contributed by atoms with E-state index < -0.39 is 56.9 Å². The minimum Gasteiger partial charge on any atom is -0.324 e. The third-order valence-corrected chi connectivity index (χ3v) is 11.1. The Balaban J connectivity index is 1.24. The van der Waals surface area contributed by atoms with E-state index in [-0.39, 0.29) is 22.6 Å². The van der Waals surface area contributed by atoms with Gasteiger partial charge in [-0.05, 0) is 85.3 Å². The number of nitrogens with one attached hydrogen (secondary N) is 2. The third kappa shape index (κ3) is 6.46. The zero-order valence-corrected chi connectivity index (χ0v) is 25.8. The van der Waals surface area contributed by atoms with Crippen LogP contribution in [0.15, 0.2) is 102 Å². The Kier molecular flexibility index (Phi) is 9.02. The van der Waals surface area contributed by atoms with E-state index in [0.717, 1.165) is 12.8 Å². The molecule has 11 heteroatoms. The molecule has 1 aliphatic carbocycles. The summed E-state index contributed by atoms with van der Waals surface area (Å²) in [6.45, 7) is 0.962. The zero-order chi connectivity index (χ0) is 32.5. The largest absolute Gasteiger partial charge is 0.324 e. The standard InChI is InChI=1S/C35H35F3N4O3S/c36-25-13-9-23(10-14-25)32(24-11-15-26(37)16-12-24)33(39)34(43)41-31-8-4-7-30(38)29(31)18-17-27-21-40-22-35(19-20-35)42(27)46(44,45)28-5-2-1-3-6-28/h1-16,27,32-33,40H,17-22,39H2,(H,41,43)/t27-,33-/m0/s1. The highest BCUT2D eigenvalue weighted by Crippen LogP contribution is 2.47. The van der Waals surface area contributed by atoms with Crippen LogP contribution in [0.25, 0.3) is 0 Å². The number of carbonyl (C=O) groups is 1. The molecule has 1 amide bonds. The van der Waals surface area contributed by atoms with Gasteiger partial charge in [0.15, 0.2) is 0 Å². The van der Waals surface area contributed by atoms with Crippen molar-refractivity contribution in [3.05, 3.63) is 131 Å². The highest BCUT2D eigenvalue weighted by Gasteiger charge is 2.57. The lowest BCUT2D eigenvalue weighted by Crippen LogP contribution is -2.61. The Morgan fingerprint density at radius 3 is 2.09 bits per heavy atom. The highest BCUT2D eigenvalue weighted by atomic mass is 32.2. The average Bonchev–Trinajstić information content (AvgIpc) is 3.81. The summed E-state index contributed by atoms with van der Waals surface area (Å²) >= 11 is 0. The van der Waals surface area contributed by atoms with Crippen LogP contribution in [0.1, 0.15) is 41.9 Å². The normalized spacial score (nSPS) is 18.4. The first kappa shape index (κ1) is 31.9. The lowest BCUT2D eigenvalue weighted by Gasteiger charge is -2.42. The molecule has 2 fully saturated rings. The van der Waals surface area contributed by atoms with E-state index in [1.807, 2.05) is 0 Å². The molecule has 46 heavy (non-hydrogen) atoms. The van der Waals surface area contributed by atoms with Crippen LogP contribution in [0, 0.1) is 17.5 Å². The van der Waals surface area contributed by atoms with Crippen LogP contribution in [0.3, 0.4) is 0 Å². The Hall–Kier alpha value is -4.03. The molecule has 240 valence electrons. The number of sulfonamides is 1. The molecule has 4 aromatic carbocycles. The SMILES string of the molecule is N[C@H](C(=O)Nc1cccc(F)c1CC[C@H]1CNCC2(CC2)N1S(=O)(=O)c1ccccc1)C(c1ccc(F)cc1)c1ccc(F)cc1. The molecule has 7 nitrogen and oxygen atoms in total. The molecule has 4 aromatic rings. The maximum atomic E-state index is 15.4. The van der Waals surface area contributed by atoms with Gasteiger partial charge in [-0.3, -0.25) is 4.79 Å². The van der Waals surface area contributed by atoms with Gasteiger partial charge in [-0.1, -0.05) is 48.5 Å². The molecule has 1 aliphatic heterocycles. The van der Waals surface area contributed by atoms with E-state index >= 15 is 4.39 Å². The van der Waals surface area contributed by atoms with Crippen LogP contribution in [-0.4, -0.2) is 49.3 Å². The molecule has 2 aliphatic rings. The van der Waals surface area contributed by atoms with Gasteiger partial charge in [0.1, 0.15) is 17.5 Å². The molecule has 0 bridgehead atoms. The molecule has 0 aromatic heterocycles. The van der Waals surface area contributed by atoms with Crippen molar-refractivity contribution in [2.45, 2.75) is 54.1 Å². The number of rotatable bonds is 10. The van der Waals surface area contributed by atoms with E-state index in [0.29, 0.717) is 30.6 Å². The van der Waals surface area contributed by atoms with Crippen LogP contribution >= 0.6 is 0 Å². The first-order chi connectivity index (χ1) is 22.1. The maximum Gasteiger partial charge on any atom is 0.243 e. The second-order valence-electron chi connectivity index (χ2n) is 12.0. The van der Waals surface area contributed by atoms with E-state index in [4.69, 9.17) is 5.73 Å².